The molecule has 0 aliphatic heterocycles. The first-order valence-corrected chi connectivity index (χ1v) is 7.05. The number of hydrogen-bond acceptors (Lipinski definition) is 4. The van der Waals surface area contributed by atoms with E-state index in [1.165, 1.54) is 12.1 Å². The van der Waals surface area contributed by atoms with Gasteiger partial charge in [0.25, 0.3) is 5.69 Å². The average molecular weight is 300 g/mol. The Morgan fingerprint density at radius 1 is 1.40 bits per heavy atom. The third-order valence-corrected chi connectivity index (χ3v) is 3.92. The highest BCUT2D eigenvalue weighted by atomic mass is 35.5. The summed E-state index contributed by atoms with van der Waals surface area (Å²) >= 11 is 5.78. The van der Waals surface area contributed by atoms with Gasteiger partial charge in [-0.15, -0.1) is 0 Å². The molecular formula is C14H18ClNO4. The SMILES string of the molecule is COC1CCCC(OCc2ccc(Cl)c([N+](=O)[O-])c2)C1. The second-order valence-corrected chi connectivity index (χ2v) is 5.41. The molecule has 0 amide bonds. The smallest absolute Gasteiger partial charge is 0.288 e. The zero-order chi connectivity index (χ0) is 14.5. The summed E-state index contributed by atoms with van der Waals surface area (Å²) in [4.78, 5) is 10.3. The van der Waals surface area contributed by atoms with Gasteiger partial charge in [-0.05, 0) is 37.3 Å². The van der Waals surface area contributed by atoms with Crippen LogP contribution in [0.2, 0.25) is 5.02 Å². The highest BCUT2D eigenvalue weighted by Gasteiger charge is 2.22. The second-order valence-electron chi connectivity index (χ2n) is 5.00. The zero-order valence-electron chi connectivity index (χ0n) is 11.4. The molecule has 110 valence electrons. The average Bonchev–Trinajstić information content (AvgIpc) is 2.46. The van der Waals surface area contributed by atoms with E-state index in [4.69, 9.17) is 21.1 Å². The minimum absolute atomic E-state index is 0.0776. The molecule has 0 saturated heterocycles. The van der Waals surface area contributed by atoms with Gasteiger partial charge in [0.05, 0.1) is 23.7 Å². The number of nitrogens with zero attached hydrogens (tertiary/aromatic N) is 1. The van der Waals surface area contributed by atoms with Gasteiger partial charge in [-0.2, -0.15) is 0 Å². The van der Waals surface area contributed by atoms with E-state index >= 15 is 0 Å². The molecule has 1 aliphatic carbocycles. The van der Waals surface area contributed by atoms with Gasteiger partial charge in [0.2, 0.25) is 0 Å². The molecule has 2 unspecified atom stereocenters. The first-order chi connectivity index (χ1) is 9.60. The molecule has 0 aromatic heterocycles. The fraction of sp³-hybridized carbons (Fsp3) is 0.571. The van der Waals surface area contributed by atoms with Crippen LogP contribution in [-0.4, -0.2) is 24.2 Å². The Bertz CT molecular complexity index is 480. The minimum Gasteiger partial charge on any atom is -0.381 e. The van der Waals surface area contributed by atoms with Gasteiger partial charge in [0, 0.05) is 13.2 Å². The van der Waals surface area contributed by atoms with Gasteiger partial charge in [-0.3, -0.25) is 10.1 Å². The van der Waals surface area contributed by atoms with Crippen LogP contribution in [0, 0.1) is 10.1 Å². The Kier molecular flexibility index (Phi) is 5.34. The Balaban J connectivity index is 1.93. The molecule has 6 heteroatoms. The van der Waals surface area contributed by atoms with E-state index in [-0.39, 0.29) is 22.9 Å². The van der Waals surface area contributed by atoms with Crippen molar-refractivity contribution in [3.8, 4) is 0 Å². The predicted octanol–water partition coefficient (Wildman–Crippen LogP) is 3.72. The molecule has 1 saturated carbocycles. The standard InChI is InChI=1S/C14H18ClNO4/c1-19-11-3-2-4-12(8-11)20-9-10-5-6-13(15)14(7-10)16(17)18/h5-7,11-12H,2-4,8-9H2,1H3. The summed E-state index contributed by atoms with van der Waals surface area (Å²) in [7, 11) is 1.72. The topological polar surface area (TPSA) is 61.6 Å². The lowest BCUT2D eigenvalue weighted by atomic mass is 9.95. The van der Waals surface area contributed by atoms with E-state index in [0.29, 0.717) is 6.61 Å². The molecular weight excluding hydrogens is 282 g/mol. The maximum Gasteiger partial charge on any atom is 0.288 e. The van der Waals surface area contributed by atoms with E-state index in [1.807, 2.05) is 0 Å². The highest BCUT2D eigenvalue weighted by molar-refractivity contribution is 6.32. The summed E-state index contributed by atoms with van der Waals surface area (Å²) in [6.45, 7) is 0.360. The normalized spacial score (nSPS) is 22.7. The predicted molar refractivity (Wildman–Crippen MR) is 75.9 cm³/mol. The number of methoxy groups -OCH3 is 1. The Morgan fingerprint density at radius 3 is 2.85 bits per heavy atom. The number of nitro groups is 1. The number of halogens is 1. The van der Waals surface area contributed by atoms with Crippen LogP contribution in [0.15, 0.2) is 18.2 Å². The van der Waals surface area contributed by atoms with Crippen LogP contribution < -0.4 is 0 Å². The van der Waals surface area contributed by atoms with E-state index in [2.05, 4.69) is 0 Å². The van der Waals surface area contributed by atoms with Crippen LogP contribution in [0.1, 0.15) is 31.2 Å². The summed E-state index contributed by atoms with van der Waals surface area (Å²) in [5, 5.41) is 11.0. The Morgan fingerprint density at radius 2 is 2.15 bits per heavy atom. The fourth-order valence-corrected chi connectivity index (χ4v) is 2.66. The van der Waals surface area contributed by atoms with Gasteiger partial charge >= 0.3 is 0 Å². The summed E-state index contributed by atoms with van der Waals surface area (Å²) in [5.41, 5.74) is 0.687. The van der Waals surface area contributed by atoms with Crippen LogP contribution in [0.5, 0.6) is 0 Å². The summed E-state index contributed by atoms with van der Waals surface area (Å²) in [6.07, 6.45) is 4.46. The first-order valence-electron chi connectivity index (χ1n) is 6.67. The van der Waals surface area contributed by atoms with Crippen molar-refractivity contribution in [2.45, 2.75) is 44.5 Å². The lowest BCUT2D eigenvalue weighted by Crippen LogP contribution is -2.27. The summed E-state index contributed by atoms with van der Waals surface area (Å²) in [6, 6.07) is 4.77. The third kappa shape index (κ3) is 3.91. The van der Waals surface area contributed by atoms with Crippen molar-refractivity contribution in [3.63, 3.8) is 0 Å². The van der Waals surface area contributed by atoms with Gasteiger partial charge < -0.3 is 9.47 Å². The van der Waals surface area contributed by atoms with Gasteiger partial charge in [0.15, 0.2) is 0 Å². The van der Waals surface area contributed by atoms with Crippen molar-refractivity contribution in [2.24, 2.45) is 0 Å². The van der Waals surface area contributed by atoms with Gasteiger partial charge in [-0.25, -0.2) is 0 Å². The van der Waals surface area contributed by atoms with Crippen LogP contribution in [0.25, 0.3) is 0 Å². The summed E-state index contributed by atoms with van der Waals surface area (Å²) in [5.74, 6) is 0. The molecule has 1 aromatic carbocycles. The van der Waals surface area contributed by atoms with Crippen LogP contribution >= 0.6 is 11.6 Å². The van der Waals surface area contributed by atoms with Crippen molar-refractivity contribution in [2.75, 3.05) is 7.11 Å². The molecule has 0 spiro atoms. The van der Waals surface area contributed by atoms with Crippen molar-refractivity contribution < 1.29 is 14.4 Å². The number of rotatable bonds is 5. The molecule has 2 atom stereocenters. The molecule has 20 heavy (non-hydrogen) atoms. The molecule has 0 heterocycles. The van der Waals surface area contributed by atoms with E-state index in [9.17, 15) is 10.1 Å². The van der Waals surface area contributed by atoms with Crippen molar-refractivity contribution >= 4 is 17.3 Å². The minimum atomic E-state index is -0.479. The lowest BCUT2D eigenvalue weighted by molar-refractivity contribution is -0.384. The first kappa shape index (κ1) is 15.2. The van der Waals surface area contributed by atoms with Crippen LogP contribution in [0.3, 0.4) is 0 Å². The zero-order valence-corrected chi connectivity index (χ0v) is 12.1. The molecule has 1 aromatic rings. The number of benzene rings is 1. The maximum absolute atomic E-state index is 10.8. The molecule has 0 bridgehead atoms. The van der Waals surface area contributed by atoms with Crippen molar-refractivity contribution in [1.82, 2.24) is 0 Å². The van der Waals surface area contributed by atoms with Gasteiger partial charge in [0.1, 0.15) is 5.02 Å². The van der Waals surface area contributed by atoms with Gasteiger partial charge in [-0.1, -0.05) is 17.7 Å². The molecule has 5 nitrogen and oxygen atoms in total. The summed E-state index contributed by atoms with van der Waals surface area (Å²) < 4.78 is 11.2. The number of nitro benzene ring substituents is 1. The molecule has 0 radical (unpaired) electrons. The number of hydrogen-bond donors (Lipinski definition) is 0. The molecule has 1 aliphatic rings. The molecule has 0 N–H and O–H groups in total. The monoisotopic (exact) mass is 299 g/mol. The highest BCUT2D eigenvalue weighted by Crippen LogP contribution is 2.27. The molecule has 1 fully saturated rings. The lowest BCUT2D eigenvalue weighted by Gasteiger charge is -2.28. The van der Waals surface area contributed by atoms with Crippen LogP contribution in [-0.2, 0) is 16.1 Å². The van der Waals surface area contributed by atoms with E-state index in [1.54, 1.807) is 13.2 Å². The Labute approximate surface area is 123 Å². The quantitative estimate of drug-likeness (QED) is 0.614. The van der Waals surface area contributed by atoms with Crippen molar-refractivity contribution in [3.05, 3.63) is 38.9 Å². The molecule has 2 rings (SSSR count). The maximum atomic E-state index is 10.8. The number of ether oxygens (including phenoxy) is 2. The Hall–Kier alpha value is -1.17. The van der Waals surface area contributed by atoms with E-state index in [0.717, 1.165) is 31.2 Å². The third-order valence-electron chi connectivity index (χ3n) is 3.60. The second kappa shape index (κ2) is 7.02. The van der Waals surface area contributed by atoms with Crippen LogP contribution in [0.4, 0.5) is 5.69 Å². The fourth-order valence-electron chi connectivity index (χ4n) is 2.47. The van der Waals surface area contributed by atoms with E-state index < -0.39 is 4.92 Å². The largest absolute Gasteiger partial charge is 0.381 e. The van der Waals surface area contributed by atoms with Crippen molar-refractivity contribution in [1.29, 1.82) is 0 Å².